The second-order valence-electron chi connectivity index (χ2n) is 7.11. The Morgan fingerprint density at radius 3 is 2.85 bits per heavy atom. The summed E-state index contributed by atoms with van der Waals surface area (Å²) in [6.45, 7) is 5.69. The fourth-order valence-corrected chi connectivity index (χ4v) is 3.70. The van der Waals surface area contributed by atoms with E-state index in [0.29, 0.717) is 5.92 Å². The molecule has 4 nitrogen and oxygen atoms in total. The average Bonchev–Trinajstić information content (AvgIpc) is 2.38. The quantitative estimate of drug-likeness (QED) is 0.831. The van der Waals surface area contributed by atoms with E-state index in [1.54, 1.807) is 0 Å². The van der Waals surface area contributed by atoms with Crippen LogP contribution in [-0.4, -0.2) is 30.7 Å². The van der Waals surface area contributed by atoms with E-state index in [9.17, 15) is 4.79 Å². The first-order valence-corrected chi connectivity index (χ1v) is 8.14. The highest BCUT2D eigenvalue weighted by atomic mass is 16.5. The summed E-state index contributed by atoms with van der Waals surface area (Å²) < 4.78 is 5.71. The molecule has 1 aliphatic heterocycles. The molecule has 0 radical (unpaired) electrons. The van der Waals surface area contributed by atoms with Crippen LogP contribution < -0.4 is 11.1 Å². The maximum Gasteiger partial charge on any atom is 0.223 e. The van der Waals surface area contributed by atoms with E-state index in [2.05, 4.69) is 19.2 Å². The Balaban J connectivity index is 1.82. The zero-order valence-corrected chi connectivity index (χ0v) is 13.0. The smallest absolute Gasteiger partial charge is 0.223 e. The lowest BCUT2D eigenvalue weighted by molar-refractivity contribution is -0.129. The number of nitrogens with one attached hydrogen (secondary N) is 1. The van der Waals surface area contributed by atoms with Crippen molar-refractivity contribution in [2.24, 2.45) is 17.6 Å². The van der Waals surface area contributed by atoms with Gasteiger partial charge in [0.25, 0.3) is 0 Å². The van der Waals surface area contributed by atoms with E-state index in [4.69, 9.17) is 10.5 Å². The van der Waals surface area contributed by atoms with Gasteiger partial charge in [-0.05, 0) is 58.4 Å². The van der Waals surface area contributed by atoms with E-state index in [1.165, 1.54) is 12.8 Å². The SMILES string of the molecule is CC1(C)CC(NC(=O)C2CCCC(CCN)C2)CCO1. The maximum absolute atomic E-state index is 12.4. The van der Waals surface area contributed by atoms with Crippen molar-refractivity contribution in [1.29, 1.82) is 0 Å². The van der Waals surface area contributed by atoms with Crippen LogP contribution in [0.3, 0.4) is 0 Å². The minimum absolute atomic E-state index is 0.106. The summed E-state index contributed by atoms with van der Waals surface area (Å²) in [5.74, 6) is 1.11. The molecule has 3 atom stereocenters. The number of rotatable bonds is 4. The molecule has 1 heterocycles. The lowest BCUT2D eigenvalue weighted by Crippen LogP contribution is -2.48. The zero-order valence-electron chi connectivity index (χ0n) is 13.0. The van der Waals surface area contributed by atoms with Gasteiger partial charge in [-0.1, -0.05) is 12.8 Å². The highest BCUT2D eigenvalue weighted by molar-refractivity contribution is 5.79. The molecular weight excluding hydrogens is 252 g/mol. The predicted octanol–water partition coefficient (Wildman–Crippen LogP) is 2.22. The Bertz CT molecular complexity index is 328. The van der Waals surface area contributed by atoms with Gasteiger partial charge in [-0.15, -0.1) is 0 Å². The first-order valence-electron chi connectivity index (χ1n) is 8.14. The molecule has 20 heavy (non-hydrogen) atoms. The minimum atomic E-state index is -0.106. The Hall–Kier alpha value is -0.610. The normalized spacial score (nSPS) is 33.6. The molecule has 0 aromatic carbocycles. The van der Waals surface area contributed by atoms with Gasteiger partial charge >= 0.3 is 0 Å². The summed E-state index contributed by atoms with van der Waals surface area (Å²) in [6.07, 6.45) is 7.39. The van der Waals surface area contributed by atoms with Gasteiger partial charge in [0.15, 0.2) is 0 Å². The van der Waals surface area contributed by atoms with Crippen LogP contribution >= 0.6 is 0 Å². The van der Waals surface area contributed by atoms with Gasteiger partial charge in [-0.2, -0.15) is 0 Å². The van der Waals surface area contributed by atoms with Crippen molar-refractivity contribution >= 4 is 5.91 Å². The first kappa shape index (κ1) is 15.8. The number of ether oxygens (including phenoxy) is 1. The van der Waals surface area contributed by atoms with Gasteiger partial charge in [-0.25, -0.2) is 0 Å². The molecule has 116 valence electrons. The Labute approximate surface area is 122 Å². The summed E-state index contributed by atoms with van der Waals surface area (Å²) in [4.78, 5) is 12.4. The van der Waals surface area contributed by atoms with Gasteiger partial charge in [0.1, 0.15) is 0 Å². The zero-order chi connectivity index (χ0) is 14.6. The van der Waals surface area contributed by atoms with E-state index in [-0.39, 0.29) is 23.5 Å². The summed E-state index contributed by atoms with van der Waals surface area (Å²) >= 11 is 0. The van der Waals surface area contributed by atoms with Gasteiger partial charge < -0.3 is 15.8 Å². The third-order valence-electron chi connectivity index (χ3n) is 4.77. The van der Waals surface area contributed by atoms with Crippen molar-refractivity contribution in [2.45, 2.75) is 70.4 Å². The largest absolute Gasteiger partial charge is 0.375 e. The van der Waals surface area contributed by atoms with Crippen LogP contribution in [0.5, 0.6) is 0 Å². The fourth-order valence-electron chi connectivity index (χ4n) is 3.70. The molecule has 1 saturated heterocycles. The number of hydrogen-bond acceptors (Lipinski definition) is 3. The van der Waals surface area contributed by atoms with Crippen molar-refractivity contribution < 1.29 is 9.53 Å². The maximum atomic E-state index is 12.4. The van der Waals surface area contributed by atoms with Crippen molar-refractivity contribution in [2.75, 3.05) is 13.2 Å². The van der Waals surface area contributed by atoms with Crippen LogP contribution in [0.1, 0.15) is 58.8 Å². The topological polar surface area (TPSA) is 64.4 Å². The number of amides is 1. The van der Waals surface area contributed by atoms with Gasteiger partial charge in [0, 0.05) is 18.6 Å². The molecule has 0 aromatic heterocycles. The molecule has 0 aromatic rings. The molecule has 3 N–H and O–H groups in total. The second-order valence-corrected chi connectivity index (χ2v) is 7.11. The van der Waals surface area contributed by atoms with E-state index in [0.717, 1.165) is 45.3 Å². The predicted molar refractivity (Wildman–Crippen MR) is 80.3 cm³/mol. The molecule has 0 spiro atoms. The molecule has 2 rings (SSSR count). The Kier molecular flexibility index (Phi) is 5.44. The third kappa shape index (κ3) is 4.45. The number of carbonyl (C=O) groups excluding carboxylic acids is 1. The molecular formula is C16H30N2O2. The first-order chi connectivity index (χ1) is 9.50. The molecule has 4 heteroatoms. The van der Waals surface area contributed by atoms with Crippen molar-refractivity contribution in [3.8, 4) is 0 Å². The summed E-state index contributed by atoms with van der Waals surface area (Å²) in [5, 5.41) is 3.26. The average molecular weight is 282 g/mol. The minimum Gasteiger partial charge on any atom is -0.375 e. The van der Waals surface area contributed by atoms with Crippen LogP contribution in [0, 0.1) is 11.8 Å². The lowest BCUT2D eigenvalue weighted by Gasteiger charge is -2.37. The molecule has 0 bridgehead atoms. The molecule has 1 amide bonds. The van der Waals surface area contributed by atoms with Crippen LogP contribution in [0.25, 0.3) is 0 Å². The van der Waals surface area contributed by atoms with Crippen LogP contribution in [0.2, 0.25) is 0 Å². The van der Waals surface area contributed by atoms with Crippen LogP contribution in [0.4, 0.5) is 0 Å². The second kappa shape index (κ2) is 6.90. The third-order valence-corrected chi connectivity index (χ3v) is 4.77. The van der Waals surface area contributed by atoms with Gasteiger partial charge in [-0.3, -0.25) is 4.79 Å². The van der Waals surface area contributed by atoms with E-state index >= 15 is 0 Å². The Morgan fingerprint density at radius 2 is 2.15 bits per heavy atom. The van der Waals surface area contributed by atoms with Crippen molar-refractivity contribution in [3.05, 3.63) is 0 Å². The van der Waals surface area contributed by atoms with E-state index in [1.807, 2.05) is 0 Å². The number of carbonyl (C=O) groups is 1. The number of nitrogens with two attached hydrogens (primary N) is 1. The highest BCUT2D eigenvalue weighted by Gasteiger charge is 2.32. The van der Waals surface area contributed by atoms with Gasteiger partial charge in [0.2, 0.25) is 5.91 Å². The highest BCUT2D eigenvalue weighted by Crippen LogP contribution is 2.31. The summed E-state index contributed by atoms with van der Waals surface area (Å²) in [6, 6.07) is 0.279. The molecule has 3 unspecified atom stereocenters. The Morgan fingerprint density at radius 1 is 1.35 bits per heavy atom. The molecule has 1 saturated carbocycles. The van der Waals surface area contributed by atoms with Gasteiger partial charge in [0.05, 0.1) is 5.60 Å². The lowest BCUT2D eigenvalue weighted by atomic mass is 9.79. The monoisotopic (exact) mass is 282 g/mol. The molecule has 2 fully saturated rings. The van der Waals surface area contributed by atoms with Crippen molar-refractivity contribution in [1.82, 2.24) is 5.32 Å². The summed E-state index contributed by atoms with van der Waals surface area (Å²) in [7, 11) is 0. The van der Waals surface area contributed by atoms with Crippen molar-refractivity contribution in [3.63, 3.8) is 0 Å². The standard InChI is InChI=1S/C16H30N2O2/c1-16(2)11-14(7-9-20-16)18-15(19)13-5-3-4-12(10-13)6-8-17/h12-14H,3-11,17H2,1-2H3,(H,18,19). The number of hydrogen-bond donors (Lipinski definition) is 2. The summed E-state index contributed by atoms with van der Waals surface area (Å²) in [5.41, 5.74) is 5.54. The van der Waals surface area contributed by atoms with Crippen LogP contribution in [0.15, 0.2) is 0 Å². The molecule has 2 aliphatic rings. The van der Waals surface area contributed by atoms with E-state index < -0.39 is 0 Å². The fraction of sp³-hybridized carbons (Fsp3) is 0.938. The molecule has 1 aliphatic carbocycles. The van der Waals surface area contributed by atoms with Crippen LogP contribution in [-0.2, 0) is 9.53 Å².